The minimum absolute atomic E-state index is 0.0431. The Kier molecular flexibility index (Phi) is 4.12. The molecule has 0 amide bonds. The third-order valence-corrected chi connectivity index (χ3v) is 4.26. The molecule has 0 aliphatic carbocycles. The van der Waals surface area contributed by atoms with Gasteiger partial charge in [-0.1, -0.05) is 23.7 Å². The molecule has 0 fully saturated rings. The molecule has 0 unspecified atom stereocenters. The van der Waals surface area contributed by atoms with Crippen LogP contribution >= 0.6 is 11.6 Å². The van der Waals surface area contributed by atoms with E-state index in [-0.39, 0.29) is 21.3 Å². The van der Waals surface area contributed by atoms with Gasteiger partial charge in [0.25, 0.3) is 10.0 Å². The molecule has 0 heterocycles. The van der Waals surface area contributed by atoms with Crippen molar-refractivity contribution in [2.24, 2.45) is 5.84 Å². The van der Waals surface area contributed by atoms with E-state index in [0.29, 0.717) is 0 Å². The number of nitrogen functional groups attached to an aromatic ring is 1. The first-order valence-corrected chi connectivity index (χ1v) is 7.33. The molecule has 20 heavy (non-hydrogen) atoms. The molecular weight excluding hydrogens is 305 g/mol. The van der Waals surface area contributed by atoms with Crippen LogP contribution in [0.5, 0.6) is 0 Å². The van der Waals surface area contributed by atoms with Crippen LogP contribution in [0, 0.1) is 5.82 Å². The second-order valence-corrected chi connectivity index (χ2v) is 5.93. The fourth-order valence-electron chi connectivity index (χ4n) is 1.60. The number of halogens is 2. The van der Waals surface area contributed by atoms with Crippen molar-refractivity contribution in [1.82, 2.24) is 0 Å². The molecular formula is C12H11ClFN3O2S. The van der Waals surface area contributed by atoms with Crippen LogP contribution in [0.3, 0.4) is 0 Å². The Hall–Kier alpha value is -1.83. The maximum Gasteiger partial charge on any atom is 0.264 e. The summed E-state index contributed by atoms with van der Waals surface area (Å²) in [6.07, 6.45) is 0. The molecule has 5 nitrogen and oxygen atoms in total. The summed E-state index contributed by atoms with van der Waals surface area (Å²) in [6.45, 7) is 0. The third kappa shape index (κ3) is 3.01. The Bertz CT molecular complexity index is 737. The molecule has 0 spiro atoms. The van der Waals surface area contributed by atoms with Crippen molar-refractivity contribution >= 4 is 33.0 Å². The van der Waals surface area contributed by atoms with E-state index in [1.807, 2.05) is 0 Å². The number of hydrogen-bond acceptors (Lipinski definition) is 4. The highest BCUT2D eigenvalue weighted by atomic mass is 35.5. The maximum atomic E-state index is 13.1. The standard InChI is InChI=1S/C12H11ClFN3O2S/c13-9-6-5-8(14)7-11(9)17-20(18,19)12-4-2-1-3-10(12)16-15/h1-7,16-17H,15H2. The van der Waals surface area contributed by atoms with Crippen LogP contribution < -0.4 is 16.0 Å². The van der Waals surface area contributed by atoms with Gasteiger partial charge in [0.2, 0.25) is 0 Å². The van der Waals surface area contributed by atoms with E-state index in [4.69, 9.17) is 17.4 Å². The first-order chi connectivity index (χ1) is 9.44. The van der Waals surface area contributed by atoms with Crippen molar-refractivity contribution in [2.45, 2.75) is 4.90 Å². The van der Waals surface area contributed by atoms with Crippen LogP contribution in [0.4, 0.5) is 15.8 Å². The Morgan fingerprint density at radius 3 is 2.50 bits per heavy atom. The van der Waals surface area contributed by atoms with Gasteiger partial charge in [0.1, 0.15) is 10.7 Å². The van der Waals surface area contributed by atoms with Crippen molar-refractivity contribution < 1.29 is 12.8 Å². The number of sulfonamides is 1. The number of hydrazine groups is 1. The molecule has 8 heteroatoms. The van der Waals surface area contributed by atoms with Gasteiger partial charge in [-0.3, -0.25) is 10.6 Å². The van der Waals surface area contributed by atoms with Crippen molar-refractivity contribution in [3.8, 4) is 0 Å². The minimum Gasteiger partial charge on any atom is -0.323 e. The molecule has 4 N–H and O–H groups in total. The molecule has 0 bridgehead atoms. The average molecular weight is 316 g/mol. The SMILES string of the molecule is NNc1ccccc1S(=O)(=O)Nc1cc(F)ccc1Cl. The summed E-state index contributed by atoms with van der Waals surface area (Å²) in [7, 11) is -3.94. The molecule has 0 aliphatic heterocycles. The smallest absolute Gasteiger partial charge is 0.264 e. The summed E-state index contributed by atoms with van der Waals surface area (Å²) in [5.74, 6) is 4.67. The molecule has 0 saturated carbocycles. The lowest BCUT2D eigenvalue weighted by atomic mass is 10.3. The molecule has 2 rings (SSSR count). The molecule has 0 saturated heterocycles. The largest absolute Gasteiger partial charge is 0.323 e. The van der Waals surface area contributed by atoms with E-state index in [0.717, 1.165) is 12.1 Å². The number of benzene rings is 2. The van der Waals surface area contributed by atoms with Crippen LogP contribution in [0.1, 0.15) is 0 Å². The lowest BCUT2D eigenvalue weighted by Crippen LogP contribution is -2.17. The summed E-state index contributed by atoms with van der Waals surface area (Å²) in [4.78, 5) is -0.0668. The van der Waals surface area contributed by atoms with E-state index in [1.165, 1.54) is 18.2 Å². The van der Waals surface area contributed by atoms with Crippen molar-refractivity contribution in [3.05, 3.63) is 53.3 Å². The Labute approximate surface area is 120 Å². The molecule has 0 atom stereocenters. The summed E-state index contributed by atoms with van der Waals surface area (Å²) in [5.41, 5.74) is 2.46. The first kappa shape index (κ1) is 14.6. The molecule has 2 aromatic rings. The third-order valence-electron chi connectivity index (χ3n) is 2.50. The highest BCUT2D eigenvalue weighted by Crippen LogP contribution is 2.27. The zero-order valence-corrected chi connectivity index (χ0v) is 11.7. The summed E-state index contributed by atoms with van der Waals surface area (Å²) in [5, 5.41) is 0.0909. The number of rotatable bonds is 4. The van der Waals surface area contributed by atoms with E-state index in [9.17, 15) is 12.8 Å². The van der Waals surface area contributed by atoms with Crippen LogP contribution in [0.15, 0.2) is 47.4 Å². The van der Waals surface area contributed by atoms with Crippen LogP contribution in [0.2, 0.25) is 5.02 Å². The molecule has 106 valence electrons. The predicted molar refractivity (Wildman–Crippen MR) is 76.5 cm³/mol. The number of nitrogens with two attached hydrogens (primary N) is 1. The van der Waals surface area contributed by atoms with Gasteiger partial charge in [-0.2, -0.15) is 0 Å². The summed E-state index contributed by atoms with van der Waals surface area (Å²) < 4.78 is 39.9. The molecule has 0 radical (unpaired) electrons. The van der Waals surface area contributed by atoms with Gasteiger partial charge in [0.05, 0.1) is 16.4 Å². The van der Waals surface area contributed by atoms with Gasteiger partial charge in [0, 0.05) is 0 Å². The Balaban J connectivity index is 2.43. The van der Waals surface area contributed by atoms with Gasteiger partial charge >= 0.3 is 0 Å². The fourth-order valence-corrected chi connectivity index (χ4v) is 3.06. The molecule has 2 aromatic carbocycles. The highest BCUT2D eigenvalue weighted by molar-refractivity contribution is 7.92. The normalized spacial score (nSPS) is 11.2. The van der Waals surface area contributed by atoms with E-state index in [2.05, 4.69) is 10.1 Å². The van der Waals surface area contributed by atoms with Gasteiger partial charge in [-0.15, -0.1) is 0 Å². The average Bonchev–Trinajstić information content (AvgIpc) is 2.42. The maximum absolute atomic E-state index is 13.1. The number of nitrogens with one attached hydrogen (secondary N) is 2. The molecule has 0 aliphatic rings. The van der Waals surface area contributed by atoms with Gasteiger partial charge < -0.3 is 5.43 Å². The molecule has 0 aromatic heterocycles. The first-order valence-electron chi connectivity index (χ1n) is 5.47. The highest BCUT2D eigenvalue weighted by Gasteiger charge is 2.19. The second kappa shape index (κ2) is 5.66. The summed E-state index contributed by atoms with van der Waals surface area (Å²) in [6, 6.07) is 9.44. The van der Waals surface area contributed by atoms with Crippen LogP contribution in [0.25, 0.3) is 0 Å². The van der Waals surface area contributed by atoms with Crippen LogP contribution in [-0.2, 0) is 10.0 Å². The fraction of sp³-hybridized carbons (Fsp3) is 0. The van der Waals surface area contributed by atoms with Crippen molar-refractivity contribution in [1.29, 1.82) is 0 Å². The number of anilines is 2. The minimum atomic E-state index is -3.94. The monoisotopic (exact) mass is 315 g/mol. The van der Waals surface area contributed by atoms with E-state index in [1.54, 1.807) is 12.1 Å². The number of hydrogen-bond donors (Lipinski definition) is 3. The zero-order chi connectivity index (χ0) is 14.8. The van der Waals surface area contributed by atoms with E-state index < -0.39 is 15.8 Å². The Morgan fingerprint density at radius 1 is 1.10 bits per heavy atom. The topological polar surface area (TPSA) is 84.2 Å². The predicted octanol–water partition coefficient (Wildman–Crippen LogP) is 2.57. The lowest BCUT2D eigenvalue weighted by Gasteiger charge is -2.12. The lowest BCUT2D eigenvalue weighted by molar-refractivity contribution is 0.601. The number of para-hydroxylation sites is 1. The summed E-state index contributed by atoms with van der Waals surface area (Å²) >= 11 is 5.83. The second-order valence-electron chi connectivity index (χ2n) is 3.87. The van der Waals surface area contributed by atoms with Gasteiger partial charge in [-0.25, -0.2) is 12.8 Å². The van der Waals surface area contributed by atoms with Crippen molar-refractivity contribution in [3.63, 3.8) is 0 Å². The van der Waals surface area contributed by atoms with Gasteiger partial charge in [-0.05, 0) is 30.3 Å². The van der Waals surface area contributed by atoms with Crippen molar-refractivity contribution in [2.75, 3.05) is 10.1 Å². The van der Waals surface area contributed by atoms with Crippen LogP contribution in [-0.4, -0.2) is 8.42 Å². The zero-order valence-electron chi connectivity index (χ0n) is 10.1. The Morgan fingerprint density at radius 2 is 1.80 bits per heavy atom. The van der Waals surface area contributed by atoms with E-state index >= 15 is 0 Å². The quantitative estimate of drug-likeness (QED) is 0.598. The van der Waals surface area contributed by atoms with Gasteiger partial charge in [0.15, 0.2) is 0 Å².